The highest BCUT2D eigenvalue weighted by molar-refractivity contribution is 7.86. The Kier molecular flexibility index (Phi) is 11.2. The van der Waals surface area contributed by atoms with Gasteiger partial charge in [0.05, 0.1) is 25.7 Å². The van der Waals surface area contributed by atoms with Gasteiger partial charge in [-0.05, 0) is 19.3 Å². The zero-order valence-corrected chi connectivity index (χ0v) is 14.1. The molecule has 0 saturated heterocycles. The van der Waals surface area contributed by atoms with E-state index in [1.807, 2.05) is 0 Å². The first-order valence-electron chi connectivity index (χ1n) is 6.55. The van der Waals surface area contributed by atoms with E-state index >= 15 is 0 Å². The molecule has 0 aromatic rings. The van der Waals surface area contributed by atoms with Crippen LogP contribution in [-0.4, -0.2) is 69.0 Å². The maximum absolute atomic E-state index is 10.6. The van der Waals surface area contributed by atoms with Gasteiger partial charge in [-0.15, -0.1) is 0 Å². The van der Waals surface area contributed by atoms with Gasteiger partial charge in [-0.25, -0.2) is 0 Å². The average Bonchev–Trinajstić information content (AvgIpc) is 2.32. The monoisotopic (exact) mass is 348 g/mol. The average molecular weight is 348 g/mol. The summed E-state index contributed by atoms with van der Waals surface area (Å²) in [5.41, 5.74) is 0. The lowest BCUT2D eigenvalue weighted by Crippen LogP contribution is -2.09. The van der Waals surface area contributed by atoms with Gasteiger partial charge in [0.1, 0.15) is 0 Å². The molecule has 0 aromatic heterocycles. The summed E-state index contributed by atoms with van der Waals surface area (Å²) in [5, 5.41) is 0. The summed E-state index contributed by atoms with van der Waals surface area (Å²) in [6.07, 6.45) is 3.74. The van der Waals surface area contributed by atoms with E-state index in [0.29, 0.717) is 45.7 Å². The van der Waals surface area contributed by atoms with Crippen molar-refractivity contribution in [3.05, 3.63) is 0 Å². The van der Waals surface area contributed by atoms with Crippen LogP contribution in [0.4, 0.5) is 0 Å². The lowest BCUT2D eigenvalue weighted by atomic mass is 10.4. The van der Waals surface area contributed by atoms with E-state index in [-0.39, 0.29) is 13.2 Å². The lowest BCUT2D eigenvalue weighted by Gasteiger charge is -2.06. The SMILES string of the molecule is CS(=O)(=O)OCCCOCCCOCCCOS(C)(=O)=O. The Bertz CT molecular complexity index is 401. The summed E-state index contributed by atoms with van der Waals surface area (Å²) in [6.45, 7) is 2.12. The predicted molar refractivity (Wildman–Crippen MR) is 77.1 cm³/mol. The number of rotatable bonds is 14. The third-order valence-electron chi connectivity index (χ3n) is 2.04. The minimum absolute atomic E-state index is 0.121. The highest BCUT2D eigenvalue weighted by atomic mass is 32.2. The topological polar surface area (TPSA) is 105 Å². The fraction of sp³-hybridized carbons (Fsp3) is 1.00. The molecule has 8 nitrogen and oxygen atoms in total. The van der Waals surface area contributed by atoms with E-state index in [9.17, 15) is 16.8 Å². The van der Waals surface area contributed by atoms with Crippen LogP contribution in [-0.2, 0) is 38.1 Å². The molecule has 0 aromatic carbocycles. The van der Waals surface area contributed by atoms with Crippen LogP contribution >= 0.6 is 0 Å². The third-order valence-corrected chi connectivity index (χ3v) is 3.23. The van der Waals surface area contributed by atoms with Gasteiger partial charge >= 0.3 is 0 Å². The van der Waals surface area contributed by atoms with Crippen molar-refractivity contribution in [3.63, 3.8) is 0 Å². The molecule has 0 aliphatic carbocycles. The van der Waals surface area contributed by atoms with Crippen LogP contribution in [0.3, 0.4) is 0 Å². The van der Waals surface area contributed by atoms with Crippen LogP contribution in [0.15, 0.2) is 0 Å². The molecule has 0 saturated carbocycles. The molecule has 0 spiro atoms. The van der Waals surface area contributed by atoms with Gasteiger partial charge in [-0.2, -0.15) is 16.8 Å². The maximum Gasteiger partial charge on any atom is 0.264 e. The first kappa shape index (κ1) is 20.7. The second-order valence-corrected chi connectivity index (χ2v) is 7.63. The van der Waals surface area contributed by atoms with Crippen LogP contribution in [0, 0.1) is 0 Å². The third kappa shape index (κ3) is 19.7. The van der Waals surface area contributed by atoms with Crippen LogP contribution in [0.1, 0.15) is 19.3 Å². The zero-order valence-electron chi connectivity index (χ0n) is 12.4. The minimum Gasteiger partial charge on any atom is -0.381 e. The summed E-state index contributed by atoms with van der Waals surface area (Å²) in [4.78, 5) is 0. The van der Waals surface area contributed by atoms with Crippen molar-refractivity contribution in [1.29, 1.82) is 0 Å². The minimum atomic E-state index is -3.37. The van der Waals surface area contributed by atoms with Crippen LogP contribution in [0.5, 0.6) is 0 Å². The van der Waals surface area contributed by atoms with E-state index in [4.69, 9.17) is 9.47 Å². The van der Waals surface area contributed by atoms with Gasteiger partial charge in [0.25, 0.3) is 20.2 Å². The first-order chi connectivity index (χ1) is 9.71. The van der Waals surface area contributed by atoms with Gasteiger partial charge < -0.3 is 9.47 Å². The van der Waals surface area contributed by atoms with E-state index < -0.39 is 20.2 Å². The number of hydrogen-bond donors (Lipinski definition) is 0. The Morgan fingerprint density at radius 1 is 0.571 bits per heavy atom. The largest absolute Gasteiger partial charge is 0.381 e. The standard InChI is InChI=1S/C11H24O8S2/c1-20(12,13)18-10-4-8-16-6-3-7-17-9-5-11-19-21(2,14)15/h3-11H2,1-2H3. The summed E-state index contributed by atoms with van der Waals surface area (Å²) in [7, 11) is -6.74. The summed E-state index contributed by atoms with van der Waals surface area (Å²) in [5.74, 6) is 0. The first-order valence-corrected chi connectivity index (χ1v) is 10.2. The van der Waals surface area contributed by atoms with Gasteiger partial charge in [-0.3, -0.25) is 8.37 Å². The summed E-state index contributed by atoms with van der Waals surface area (Å²) < 4.78 is 62.2. The van der Waals surface area contributed by atoms with Crippen molar-refractivity contribution in [2.75, 3.05) is 52.2 Å². The summed E-state index contributed by atoms with van der Waals surface area (Å²) >= 11 is 0. The Morgan fingerprint density at radius 3 is 1.14 bits per heavy atom. The molecule has 128 valence electrons. The van der Waals surface area contributed by atoms with E-state index in [0.717, 1.165) is 12.5 Å². The molecular weight excluding hydrogens is 324 g/mol. The van der Waals surface area contributed by atoms with Gasteiger partial charge in [0.2, 0.25) is 0 Å². The van der Waals surface area contributed by atoms with Gasteiger partial charge in [0.15, 0.2) is 0 Å². The molecule has 21 heavy (non-hydrogen) atoms. The van der Waals surface area contributed by atoms with Crippen molar-refractivity contribution in [2.24, 2.45) is 0 Å². The van der Waals surface area contributed by atoms with Crippen molar-refractivity contribution in [2.45, 2.75) is 19.3 Å². The molecule has 0 bridgehead atoms. The summed E-state index contributed by atoms with van der Waals surface area (Å²) in [6, 6.07) is 0. The molecule has 0 aliphatic heterocycles. The van der Waals surface area contributed by atoms with E-state index in [2.05, 4.69) is 8.37 Å². The second kappa shape index (κ2) is 11.3. The smallest absolute Gasteiger partial charge is 0.264 e. The molecule has 0 unspecified atom stereocenters. The molecule has 0 N–H and O–H groups in total. The lowest BCUT2D eigenvalue weighted by molar-refractivity contribution is 0.0737. The Balaban J connectivity index is 3.16. The van der Waals surface area contributed by atoms with E-state index in [1.54, 1.807) is 0 Å². The Hall–Kier alpha value is -0.260. The zero-order chi connectivity index (χ0) is 16.2. The molecule has 10 heteroatoms. The number of hydrogen-bond acceptors (Lipinski definition) is 8. The van der Waals surface area contributed by atoms with Crippen LogP contribution in [0.2, 0.25) is 0 Å². The molecule has 0 aliphatic rings. The number of ether oxygens (including phenoxy) is 2. The van der Waals surface area contributed by atoms with Crippen molar-refractivity contribution in [3.8, 4) is 0 Å². The van der Waals surface area contributed by atoms with Crippen molar-refractivity contribution >= 4 is 20.2 Å². The maximum atomic E-state index is 10.6. The molecular formula is C11H24O8S2. The highest BCUT2D eigenvalue weighted by Crippen LogP contribution is 1.94. The Morgan fingerprint density at radius 2 is 0.857 bits per heavy atom. The van der Waals surface area contributed by atoms with Crippen LogP contribution in [0.25, 0.3) is 0 Å². The molecule has 0 amide bonds. The van der Waals surface area contributed by atoms with E-state index in [1.165, 1.54) is 0 Å². The van der Waals surface area contributed by atoms with Crippen molar-refractivity contribution in [1.82, 2.24) is 0 Å². The molecule has 0 radical (unpaired) electrons. The normalized spacial score (nSPS) is 12.7. The Labute approximate surface area is 127 Å². The van der Waals surface area contributed by atoms with Gasteiger partial charge in [0, 0.05) is 26.4 Å². The molecule has 0 heterocycles. The fourth-order valence-corrected chi connectivity index (χ4v) is 2.05. The van der Waals surface area contributed by atoms with Crippen LogP contribution < -0.4 is 0 Å². The fourth-order valence-electron chi connectivity index (χ4n) is 1.21. The molecule has 0 fully saturated rings. The molecule has 0 atom stereocenters. The molecule has 0 rings (SSSR count). The van der Waals surface area contributed by atoms with Crippen molar-refractivity contribution < 1.29 is 34.7 Å². The predicted octanol–water partition coefficient (Wildman–Crippen LogP) is 0.142. The van der Waals surface area contributed by atoms with Gasteiger partial charge in [-0.1, -0.05) is 0 Å². The highest BCUT2D eigenvalue weighted by Gasteiger charge is 2.01. The quantitative estimate of drug-likeness (QED) is 0.322. The second-order valence-electron chi connectivity index (χ2n) is 4.34.